The van der Waals surface area contributed by atoms with Crippen LogP contribution in [-0.2, 0) is 19.6 Å². The quantitative estimate of drug-likeness (QED) is 0.466. The maximum absolute atomic E-state index is 12.8. The Morgan fingerprint density at radius 2 is 1.81 bits per heavy atom. The van der Waals surface area contributed by atoms with Gasteiger partial charge in [0.25, 0.3) is 15.9 Å². The standard InChI is InChI=1S/C22H29N3O6S/c1-4-31-19-11-9-18(10-12-19)24-32(28,29)20-8-5-7-17(15-20)22(27)25(2)16-21(26)23-13-6-14-30-3/h5,7-12,15,24H,4,6,13-14,16H2,1-3H3,(H,23,26). The normalized spacial score (nSPS) is 11.0. The van der Waals surface area contributed by atoms with Crippen molar-refractivity contribution in [3.8, 4) is 5.75 Å². The molecule has 2 amide bonds. The number of carbonyl (C=O) groups is 2. The first-order valence-electron chi connectivity index (χ1n) is 10.1. The van der Waals surface area contributed by atoms with Crippen molar-refractivity contribution in [3.63, 3.8) is 0 Å². The topological polar surface area (TPSA) is 114 Å². The highest BCUT2D eigenvalue weighted by Gasteiger charge is 2.19. The van der Waals surface area contributed by atoms with E-state index in [0.29, 0.717) is 37.6 Å². The van der Waals surface area contributed by atoms with Crippen molar-refractivity contribution in [1.29, 1.82) is 0 Å². The van der Waals surface area contributed by atoms with Gasteiger partial charge in [0, 0.05) is 38.6 Å². The number of likely N-dealkylation sites (N-methyl/N-ethyl adjacent to an activating group) is 1. The molecule has 2 aromatic carbocycles. The van der Waals surface area contributed by atoms with Crippen LogP contribution in [0.3, 0.4) is 0 Å². The Balaban J connectivity index is 2.04. The van der Waals surface area contributed by atoms with Crippen LogP contribution in [0.1, 0.15) is 23.7 Å². The van der Waals surface area contributed by atoms with E-state index in [1.165, 1.54) is 36.2 Å². The van der Waals surface area contributed by atoms with Gasteiger partial charge < -0.3 is 19.7 Å². The highest BCUT2D eigenvalue weighted by Crippen LogP contribution is 2.20. The summed E-state index contributed by atoms with van der Waals surface area (Å²) >= 11 is 0. The van der Waals surface area contributed by atoms with Crippen molar-refractivity contribution in [3.05, 3.63) is 54.1 Å². The molecule has 0 spiro atoms. The fourth-order valence-corrected chi connectivity index (χ4v) is 3.91. The predicted octanol–water partition coefficient (Wildman–Crippen LogP) is 2.11. The lowest BCUT2D eigenvalue weighted by Gasteiger charge is -2.17. The van der Waals surface area contributed by atoms with Crippen LogP contribution in [0.15, 0.2) is 53.4 Å². The number of hydrogen-bond donors (Lipinski definition) is 2. The molecule has 0 atom stereocenters. The fourth-order valence-electron chi connectivity index (χ4n) is 2.80. The highest BCUT2D eigenvalue weighted by molar-refractivity contribution is 7.92. The van der Waals surface area contributed by atoms with Gasteiger partial charge in [-0.15, -0.1) is 0 Å². The van der Waals surface area contributed by atoms with Gasteiger partial charge in [-0.1, -0.05) is 6.07 Å². The van der Waals surface area contributed by atoms with E-state index >= 15 is 0 Å². The molecule has 2 aromatic rings. The van der Waals surface area contributed by atoms with Crippen LogP contribution in [0.25, 0.3) is 0 Å². The molecule has 32 heavy (non-hydrogen) atoms. The van der Waals surface area contributed by atoms with Crippen molar-refractivity contribution < 1.29 is 27.5 Å². The third kappa shape index (κ3) is 7.54. The lowest BCUT2D eigenvalue weighted by Crippen LogP contribution is -2.38. The Morgan fingerprint density at radius 1 is 1.09 bits per heavy atom. The van der Waals surface area contributed by atoms with E-state index in [-0.39, 0.29) is 22.9 Å². The summed E-state index contributed by atoms with van der Waals surface area (Å²) in [6, 6.07) is 12.2. The van der Waals surface area contributed by atoms with E-state index in [9.17, 15) is 18.0 Å². The Hall–Kier alpha value is -3.11. The number of sulfonamides is 1. The number of nitrogens with zero attached hydrogens (tertiary/aromatic N) is 1. The van der Waals surface area contributed by atoms with E-state index in [4.69, 9.17) is 9.47 Å². The third-order valence-electron chi connectivity index (χ3n) is 4.38. The summed E-state index contributed by atoms with van der Waals surface area (Å²) in [4.78, 5) is 25.8. The minimum absolute atomic E-state index is 0.0605. The number of methoxy groups -OCH3 is 1. The summed E-state index contributed by atoms with van der Waals surface area (Å²) in [5.41, 5.74) is 0.529. The number of hydrogen-bond acceptors (Lipinski definition) is 6. The van der Waals surface area contributed by atoms with Crippen molar-refractivity contribution in [2.24, 2.45) is 0 Å². The molecule has 0 radical (unpaired) electrons. The second-order valence-corrected chi connectivity index (χ2v) is 8.63. The minimum Gasteiger partial charge on any atom is -0.494 e. The molecule has 0 fully saturated rings. The zero-order valence-corrected chi connectivity index (χ0v) is 19.3. The van der Waals surface area contributed by atoms with Crippen LogP contribution in [0, 0.1) is 0 Å². The molecule has 0 saturated heterocycles. The van der Waals surface area contributed by atoms with E-state index in [0.717, 1.165) is 0 Å². The Bertz CT molecular complexity index is 1010. The van der Waals surface area contributed by atoms with Gasteiger partial charge in [0.05, 0.1) is 18.0 Å². The van der Waals surface area contributed by atoms with E-state index in [2.05, 4.69) is 10.0 Å². The molecule has 0 heterocycles. The van der Waals surface area contributed by atoms with Crippen LogP contribution >= 0.6 is 0 Å². The zero-order chi connectivity index (χ0) is 23.6. The van der Waals surface area contributed by atoms with Crippen molar-refractivity contribution in [2.75, 3.05) is 45.2 Å². The molecule has 10 heteroatoms. The largest absolute Gasteiger partial charge is 0.494 e. The number of amides is 2. The molecular formula is C22H29N3O6S. The average Bonchev–Trinajstić information content (AvgIpc) is 2.77. The van der Waals surface area contributed by atoms with Gasteiger partial charge in [0.2, 0.25) is 5.91 Å². The molecule has 0 unspecified atom stereocenters. The Kier molecular flexibility index (Phi) is 9.48. The molecular weight excluding hydrogens is 434 g/mol. The van der Waals surface area contributed by atoms with Gasteiger partial charge in [-0.2, -0.15) is 0 Å². The van der Waals surface area contributed by atoms with E-state index < -0.39 is 15.9 Å². The van der Waals surface area contributed by atoms with Gasteiger partial charge >= 0.3 is 0 Å². The van der Waals surface area contributed by atoms with Crippen molar-refractivity contribution in [1.82, 2.24) is 10.2 Å². The van der Waals surface area contributed by atoms with Crippen LogP contribution in [0.4, 0.5) is 5.69 Å². The third-order valence-corrected chi connectivity index (χ3v) is 5.76. The second kappa shape index (κ2) is 12.1. The average molecular weight is 464 g/mol. The van der Waals surface area contributed by atoms with Crippen LogP contribution in [-0.4, -0.2) is 65.6 Å². The Labute approximate surface area is 188 Å². The first-order valence-corrected chi connectivity index (χ1v) is 11.6. The molecule has 0 aromatic heterocycles. The molecule has 174 valence electrons. The van der Waals surface area contributed by atoms with Crippen LogP contribution in [0.2, 0.25) is 0 Å². The molecule has 0 aliphatic heterocycles. The maximum Gasteiger partial charge on any atom is 0.261 e. The molecule has 9 nitrogen and oxygen atoms in total. The van der Waals surface area contributed by atoms with Crippen molar-refractivity contribution >= 4 is 27.5 Å². The number of carbonyl (C=O) groups excluding carboxylic acids is 2. The number of rotatable bonds is 12. The SMILES string of the molecule is CCOc1ccc(NS(=O)(=O)c2cccc(C(=O)N(C)CC(=O)NCCCOC)c2)cc1. The van der Waals surface area contributed by atoms with E-state index in [1.54, 1.807) is 31.4 Å². The monoisotopic (exact) mass is 463 g/mol. The molecule has 0 saturated carbocycles. The fraction of sp³-hybridized carbons (Fsp3) is 0.364. The van der Waals surface area contributed by atoms with Gasteiger partial charge in [-0.05, 0) is 55.8 Å². The number of ether oxygens (including phenoxy) is 2. The first-order chi connectivity index (χ1) is 15.3. The summed E-state index contributed by atoms with van der Waals surface area (Å²) in [7, 11) is -0.851. The summed E-state index contributed by atoms with van der Waals surface area (Å²) in [5, 5.41) is 2.70. The first kappa shape index (κ1) is 25.2. The highest BCUT2D eigenvalue weighted by atomic mass is 32.2. The number of benzene rings is 2. The van der Waals surface area contributed by atoms with Gasteiger partial charge in [-0.3, -0.25) is 14.3 Å². The van der Waals surface area contributed by atoms with Gasteiger partial charge in [0.15, 0.2) is 0 Å². The summed E-state index contributed by atoms with van der Waals surface area (Å²) in [5.74, 6) is -0.137. The molecule has 0 aliphatic carbocycles. The van der Waals surface area contributed by atoms with Crippen LogP contribution < -0.4 is 14.8 Å². The zero-order valence-electron chi connectivity index (χ0n) is 18.5. The van der Waals surface area contributed by atoms with E-state index in [1.807, 2.05) is 6.92 Å². The van der Waals surface area contributed by atoms with Crippen LogP contribution in [0.5, 0.6) is 5.75 Å². The summed E-state index contributed by atoms with van der Waals surface area (Å²) in [6.07, 6.45) is 0.668. The molecule has 0 bridgehead atoms. The molecule has 2 N–H and O–H groups in total. The molecule has 2 rings (SSSR count). The van der Waals surface area contributed by atoms with Gasteiger partial charge in [-0.25, -0.2) is 8.42 Å². The van der Waals surface area contributed by atoms with Crippen molar-refractivity contribution in [2.45, 2.75) is 18.2 Å². The second-order valence-electron chi connectivity index (χ2n) is 6.95. The smallest absolute Gasteiger partial charge is 0.261 e. The summed E-state index contributed by atoms with van der Waals surface area (Å²) < 4.78 is 38.3. The predicted molar refractivity (Wildman–Crippen MR) is 121 cm³/mol. The number of anilines is 1. The maximum atomic E-state index is 12.8. The summed E-state index contributed by atoms with van der Waals surface area (Å²) in [6.45, 7) is 3.20. The van der Waals surface area contributed by atoms with Gasteiger partial charge in [0.1, 0.15) is 5.75 Å². The minimum atomic E-state index is -3.91. The molecule has 0 aliphatic rings. The lowest BCUT2D eigenvalue weighted by atomic mass is 10.2. The number of nitrogens with one attached hydrogen (secondary N) is 2. The lowest BCUT2D eigenvalue weighted by molar-refractivity contribution is -0.121. The Morgan fingerprint density at radius 3 is 2.47 bits per heavy atom.